The summed E-state index contributed by atoms with van der Waals surface area (Å²) in [7, 11) is 0. The maximum atomic E-state index is 14.0. The quantitative estimate of drug-likeness (QED) is 0.653. The molecule has 2 rings (SSSR count). The molecule has 0 radical (unpaired) electrons. The van der Waals surface area contributed by atoms with Crippen molar-refractivity contribution in [3.63, 3.8) is 0 Å². The molecule has 2 bridgehead atoms. The van der Waals surface area contributed by atoms with Crippen LogP contribution in [0.3, 0.4) is 0 Å². The van der Waals surface area contributed by atoms with Gasteiger partial charge < -0.3 is 9.64 Å². The van der Waals surface area contributed by atoms with Crippen LogP contribution < -0.4 is 0 Å². The summed E-state index contributed by atoms with van der Waals surface area (Å²) >= 11 is 0. The van der Waals surface area contributed by atoms with Crippen molar-refractivity contribution in [2.24, 2.45) is 0 Å². The van der Waals surface area contributed by atoms with Gasteiger partial charge in [0.2, 0.25) is 0 Å². The molecule has 4 heteroatoms. The number of alkyl halides is 1. The molecule has 2 atom stereocenters. The van der Waals surface area contributed by atoms with Crippen LogP contribution in [-0.4, -0.2) is 34.3 Å². The molecule has 0 spiro atoms. The van der Waals surface area contributed by atoms with E-state index in [1.54, 1.807) is 11.8 Å². The first-order valence-electron chi connectivity index (χ1n) is 6.38. The van der Waals surface area contributed by atoms with E-state index in [0.29, 0.717) is 12.8 Å². The lowest BCUT2D eigenvalue weighted by Gasteiger charge is -2.41. The summed E-state index contributed by atoms with van der Waals surface area (Å²) < 4.78 is 19.4. The van der Waals surface area contributed by atoms with Crippen molar-refractivity contribution in [3.8, 4) is 0 Å². The van der Waals surface area contributed by atoms with E-state index in [1.165, 1.54) is 0 Å². The summed E-state index contributed by atoms with van der Waals surface area (Å²) in [5.74, 6) is 0. The summed E-state index contributed by atoms with van der Waals surface area (Å²) in [6.45, 7) is 7.22. The lowest BCUT2D eigenvalue weighted by Crippen LogP contribution is -2.51. The van der Waals surface area contributed by atoms with Crippen LogP contribution in [0, 0.1) is 0 Å². The number of fused-ring (bicyclic) bond motifs is 2. The van der Waals surface area contributed by atoms with Gasteiger partial charge in [0.05, 0.1) is 0 Å². The summed E-state index contributed by atoms with van der Waals surface area (Å²) in [4.78, 5) is 13.8. The van der Waals surface area contributed by atoms with Crippen molar-refractivity contribution in [1.82, 2.24) is 4.90 Å². The number of ether oxygens (including phenoxy) is 1. The monoisotopic (exact) mass is 243 g/mol. The number of hydrogen-bond acceptors (Lipinski definition) is 2. The van der Waals surface area contributed by atoms with Gasteiger partial charge in [-0.25, -0.2) is 9.18 Å². The minimum Gasteiger partial charge on any atom is -0.444 e. The fourth-order valence-corrected chi connectivity index (χ4v) is 3.04. The van der Waals surface area contributed by atoms with Crippen LogP contribution in [-0.2, 0) is 4.74 Å². The van der Waals surface area contributed by atoms with Gasteiger partial charge in [0.1, 0.15) is 11.3 Å². The van der Waals surface area contributed by atoms with Crippen LogP contribution >= 0.6 is 0 Å². The molecular weight excluding hydrogens is 221 g/mol. The van der Waals surface area contributed by atoms with E-state index >= 15 is 0 Å². The predicted molar refractivity (Wildman–Crippen MR) is 63.6 cm³/mol. The van der Waals surface area contributed by atoms with Crippen LogP contribution in [0.2, 0.25) is 0 Å². The Morgan fingerprint density at radius 3 is 2.18 bits per heavy atom. The van der Waals surface area contributed by atoms with Crippen molar-refractivity contribution < 1.29 is 13.9 Å². The third-order valence-electron chi connectivity index (χ3n) is 3.55. The molecule has 98 valence electrons. The SMILES string of the molecule is CC1(F)CC2CCC(C1)N2C(=O)OC(C)(C)C. The highest BCUT2D eigenvalue weighted by Crippen LogP contribution is 2.43. The molecule has 2 saturated heterocycles. The van der Waals surface area contributed by atoms with Crippen molar-refractivity contribution >= 4 is 6.09 Å². The topological polar surface area (TPSA) is 29.5 Å². The molecule has 2 aliphatic heterocycles. The molecule has 0 aromatic rings. The number of nitrogens with zero attached hydrogens (tertiary/aromatic N) is 1. The Morgan fingerprint density at radius 2 is 1.76 bits per heavy atom. The Bertz CT molecular complexity index is 306. The Balaban J connectivity index is 2.07. The van der Waals surface area contributed by atoms with Gasteiger partial charge in [-0.05, 0) is 40.5 Å². The maximum Gasteiger partial charge on any atom is 0.410 e. The van der Waals surface area contributed by atoms with Crippen molar-refractivity contribution in [2.45, 2.75) is 76.7 Å². The van der Waals surface area contributed by atoms with Crippen LogP contribution in [0.4, 0.5) is 9.18 Å². The number of piperidine rings is 1. The van der Waals surface area contributed by atoms with Gasteiger partial charge in [0, 0.05) is 24.9 Å². The molecule has 0 N–H and O–H groups in total. The number of carbonyl (C=O) groups is 1. The molecule has 1 amide bonds. The van der Waals surface area contributed by atoms with E-state index in [-0.39, 0.29) is 18.2 Å². The van der Waals surface area contributed by atoms with E-state index in [0.717, 1.165) is 12.8 Å². The molecule has 0 aliphatic carbocycles. The zero-order chi connectivity index (χ0) is 12.8. The van der Waals surface area contributed by atoms with Gasteiger partial charge in [-0.1, -0.05) is 0 Å². The van der Waals surface area contributed by atoms with Crippen molar-refractivity contribution in [1.29, 1.82) is 0 Å². The third-order valence-corrected chi connectivity index (χ3v) is 3.55. The highest BCUT2D eigenvalue weighted by atomic mass is 19.1. The average Bonchev–Trinajstić information content (AvgIpc) is 2.35. The molecule has 2 unspecified atom stereocenters. The van der Waals surface area contributed by atoms with E-state index < -0.39 is 11.3 Å². The molecule has 2 aliphatic rings. The van der Waals surface area contributed by atoms with E-state index in [2.05, 4.69) is 0 Å². The molecule has 3 nitrogen and oxygen atoms in total. The van der Waals surface area contributed by atoms with E-state index in [1.807, 2.05) is 20.8 Å². The molecule has 2 heterocycles. The second-order valence-corrected chi connectivity index (χ2v) is 6.59. The summed E-state index contributed by atoms with van der Waals surface area (Å²) in [6, 6.07) is 0.0530. The van der Waals surface area contributed by atoms with E-state index in [9.17, 15) is 9.18 Å². The zero-order valence-electron chi connectivity index (χ0n) is 11.1. The fraction of sp³-hybridized carbons (Fsp3) is 0.923. The Hall–Kier alpha value is -0.800. The van der Waals surface area contributed by atoms with Crippen molar-refractivity contribution in [2.75, 3.05) is 0 Å². The van der Waals surface area contributed by atoms with Gasteiger partial charge in [0.15, 0.2) is 0 Å². The first kappa shape index (κ1) is 12.7. The Kier molecular flexibility index (Phi) is 2.87. The molecule has 0 saturated carbocycles. The highest BCUT2D eigenvalue weighted by molar-refractivity contribution is 5.69. The van der Waals surface area contributed by atoms with Crippen LogP contribution in [0.25, 0.3) is 0 Å². The molecule has 0 aromatic carbocycles. The number of halogens is 1. The number of hydrogen-bond donors (Lipinski definition) is 0. The second kappa shape index (κ2) is 3.85. The van der Waals surface area contributed by atoms with Gasteiger partial charge in [-0.2, -0.15) is 0 Å². The zero-order valence-corrected chi connectivity index (χ0v) is 11.1. The van der Waals surface area contributed by atoms with Crippen molar-refractivity contribution in [3.05, 3.63) is 0 Å². The Labute approximate surface area is 102 Å². The minimum atomic E-state index is -1.12. The van der Waals surface area contributed by atoms with E-state index in [4.69, 9.17) is 4.74 Å². The van der Waals surface area contributed by atoms with Gasteiger partial charge in [0.25, 0.3) is 0 Å². The number of rotatable bonds is 0. The van der Waals surface area contributed by atoms with Gasteiger partial charge >= 0.3 is 6.09 Å². The molecule has 17 heavy (non-hydrogen) atoms. The van der Waals surface area contributed by atoms with Gasteiger partial charge in [-0.15, -0.1) is 0 Å². The fourth-order valence-electron chi connectivity index (χ4n) is 3.04. The standard InChI is InChI=1S/C13H22FNO2/c1-12(2,3)17-11(16)15-9-5-6-10(15)8-13(4,14)7-9/h9-10H,5-8H2,1-4H3. The maximum absolute atomic E-state index is 14.0. The normalized spacial score (nSPS) is 37.1. The smallest absolute Gasteiger partial charge is 0.410 e. The summed E-state index contributed by atoms with van der Waals surface area (Å²) in [6.07, 6.45) is 2.43. The number of amides is 1. The summed E-state index contributed by atoms with van der Waals surface area (Å²) in [5, 5.41) is 0. The highest BCUT2D eigenvalue weighted by Gasteiger charge is 2.49. The average molecular weight is 243 g/mol. The molecular formula is C13H22FNO2. The van der Waals surface area contributed by atoms with Crippen LogP contribution in [0.15, 0.2) is 0 Å². The molecule has 0 aromatic heterocycles. The lowest BCUT2D eigenvalue weighted by molar-refractivity contribution is -0.0165. The number of carbonyl (C=O) groups excluding carboxylic acids is 1. The lowest BCUT2D eigenvalue weighted by atomic mass is 9.90. The Morgan fingerprint density at radius 1 is 1.29 bits per heavy atom. The largest absolute Gasteiger partial charge is 0.444 e. The third kappa shape index (κ3) is 2.72. The minimum absolute atomic E-state index is 0.0265. The molecule has 2 fully saturated rings. The first-order chi connectivity index (χ1) is 7.68. The second-order valence-electron chi connectivity index (χ2n) is 6.59. The predicted octanol–water partition coefficient (Wildman–Crippen LogP) is 3.28. The van der Waals surface area contributed by atoms with Crippen LogP contribution in [0.1, 0.15) is 53.4 Å². The van der Waals surface area contributed by atoms with Crippen LogP contribution in [0.5, 0.6) is 0 Å². The summed E-state index contributed by atoms with van der Waals surface area (Å²) in [5.41, 5.74) is -1.60. The van der Waals surface area contributed by atoms with Gasteiger partial charge in [-0.3, -0.25) is 0 Å². The first-order valence-corrected chi connectivity index (χ1v) is 6.38.